The second-order valence-corrected chi connectivity index (χ2v) is 5.40. The molecule has 0 radical (unpaired) electrons. The van der Waals surface area contributed by atoms with Crippen LogP contribution in [0.3, 0.4) is 0 Å². The van der Waals surface area contributed by atoms with Crippen molar-refractivity contribution >= 4 is 11.3 Å². The quantitative estimate of drug-likeness (QED) is 0.852. The molecule has 1 aliphatic rings. The van der Waals surface area contributed by atoms with Gasteiger partial charge in [0.1, 0.15) is 0 Å². The van der Waals surface area contributed by atoms with Crippen molar-refractivity contribution in [2.45, 2.75) is 25.9 Å². The van der Waals surface area contributed by atoms with Crippen molar-refractivity contribution in [3.8, 4) is 10.6 Å². The summed E-state index contributed by atoms with van der Waals surface area (Å²) in [6.07, 6.45) is 3.24. The van der Waals surface area contributed by atoms with Gasteiger partial charge in [0.15, 0.2) is 0 Å². The number of thiophene rings is 1. The van der Waals surface area contributed by atoms with Gasteiger partial charge in [-0.1, -0.05) is 13.0 Å². The number of nitrogens with one attached hydrogen (secondary N) is 2. The molecule has 3 nitrogen and oxygen atoms in total. The van der Waals surface area contributed by atoms with Crippen molar-refractivity contribution in [1.82, 2.24) is 15.5 Å². The number of nitrogens with zero attached hydrogens (tertiary/aromatic N) is 1. The number of rotatable bonds is 4. The zero-order valence-corrected chi connectivity index (χ0v) is 10.1. The molecule has 0 bridgehead atoms. The van der Waals surface area contributed by atoms with Crippen LogP contribution in [0.15, 0.2) is 23.7 Å². The number of hydrogen-bond donors (Lipinski definition) is 2. The Morgan fingerprint density at radius 1 is 1.62 bits per heavy atom. The highest BCUT2D eigenvalue weighted by Gasteiger charge is 2.31. The molecule has 1 aliphatic carbocycles. The van der Waals surface area contributed by atoms with E-state index in [1.165, 1.54) is 16.9 Å². The molecule has 0 saturated heterocycles. The molecule has 4 heteroatoms. The standard InChI is InChI=1S/C12H15N3S/c1-8-5-10(8)13-6-9-7-14-15-12(9)11-3-2-4-16-11/h2-4,7-8,10,13H,5-6H2,1H3,(H,14,15). The number of hydrogen-bond acceptors (Lipinski definition) is 3. The molecule has 2 aromatic heterocycles. The van der Waals surface area contributed by atoms with E-state index in [1.54, 1.807) is 11.3 Å². The van der Waals surface area contributed by atoms with Crippen LogP contribution in [-0.4, -0.2) is 16.2 Å². The molecule has 2 atom stereocenters. The summed E-state index contributed by atoms with van der Waals surface area (Å²) in [5.41, 5.74) is 2.43. The normalized spacial score (nSPS) is 23.6. The Labute approximate surface area is 98.9 Å². The molecule has 16 heavy (non-hydrogen) atoms. The highest BCUT2D eigenvalue weighted by molar-refractivity contribution is 7.13. The van der Waals surface area contributed by atoms with E-state index in [-0.39, 0.29) is 0 Å². The van der Waals surface area contributed by atoms with Gasteiger partial charge in [0, 0.05) is 18.2 Å². The third-order valence-corrected chi connectivity index (χ3v) is 4.04. The first-order valence-corrected chi connectivity index (χ1v) is 6.52. The minimum Gasteiger partial charge on any atom is -0.310 e. The summed E-state index contributed by atoms with van der Waals surface area (Å²) in [6.45, 7) is 3.20. The van der Waals surface area contributed by atoms with Gasteiger partial charge in [-0.25, -0.2) is 0 Å². The summed E-state index contributed by atoms with van der Waals surface area (Å²) >= 11 is 1.75. The molecule has 1 saturated carbocycles. The summed E-state index contributed by atoms with van der Waals surface area (Å²) in [4.78, 5) is 1.26. The van der Waals surface area contributed by atoms with Crippen LogP contribution in [0.1, 0.15) is 18.9 Å². The zero-order chi connectivity index (χ0) is 11.0. The van der Waals surface area contributed by atoms with Gasteiger partial charge in [0.05, 0.1) is 16.8 Å². The van der Waals surface area contributed by atoms with E-state index < -0.39 is 0 Å². The summed E-state index contributed by atoms with van der Waals surface area (Å²) in [5.74, 6) is 0.845. The van der Waals surface area contributed by atoms with Crippen LogP contribution >= 0.6 is 11.3 Å². The molecule has 0 aromatic carbocycles. The van der Waals surface area contributed by atoms with Crippen molar-refractivity contribution in [2.75, 3.05) is 0 Å². The molecule has 2 heterocycles. The van der Waals surface area contributed by atoms with Gasteiger partial charge in [0.25, 0.3) is 0 Å². The maximum atomic E-state index is 4.14. The highest BCUT2D eigenvalue weighted by atomic mass is 32.1. The molecule has 84 valence electrons. The zero-order valence-electron chi connectivity index (χ0n) is 9.23. The molecular formula is C12H15N3S. The third kappa shape index (κ3) is 1.90. The molecule has 2 unspecified atom stereocenters. The van der Waals surface area contributed by atoms with Gasteiger partial charge < -0.3 is 5.32 Å². The predicted molar refractivity (Wildman–Crippen MR) is 66.3 cm³/mol. The summed E-state index contributed by atoms with van der Waals surface area (Å²) in [6, 6.07) is 4.91. The van der Waals surface area contributed by atoms with E-state index >= 15 is 0 Å². The minimum atomic E-state index is 0.714. The van der Waals surface area contributed by atoms with Crippen molar-refractivity contribution in [3.63, 3.8) is 0 Å². The average molecular weight is 233 g/mol. The van der Waals surface area contributed by atoms with Crippen LogP contribution in [0, 0.1) is 5.92 Å². The summed E-state index contributed by atoms with van der Waals surface area (Å²) in [7, 11) is 0. The van der Waals surface area contributed by atoms with E-state index in [0.717, 1.165) is 18.2 Å². The second-order valence-electron chi connectivity index (χ2n) is 4.45. The van der Waals surface area contributed by atoms with Gasteiger partial charge in [0.2, 0.25) is 0 Å². The fourth-order valence-corrected chi connectivity index (χ4v) is 2.68. The van der Waals surface area contributed by atoms with E-state index in [9.17, 15) is 0 Å². The lowest BCUT2D eigenvalue weighted by Crippen LogP contribution is -2.17. The van der Waals surface area contributed by atoms with Crippen LogP contribution in [0.5, 0.6) is 0 Å². The Balaban J connectivity index is 1.72. The molecule has 1 fully saturated rings. The predicted octanol–water partition coefficient (Wildman–Crippen LogP) is 2.64. The lowest BCUT2D eigenvalue weighted by atomic mass is 10.2. The first-order valence-electron chi connectivity index (χ1n) is 5.64. The van der Waals surface area contributed by atoms with E-state index in [0.29, 0.717) is 6.04 Å². The maximum Gasteiger partial charge on any atom is 0.0794 e. The Kier molecular flexibility index (Phi) is 2.53. The highest BCUT2D eigenvalue weighted by Crippen LogP contribution is 2.30. The number of H-pyrrole nitrogens is 1. The van der Waals surface area contributed by atoms with E-state index in [4.69, 9.17) is 0 Å². The van der Waals surface area contributed by atoms with Crippen molar-refractivity contribution in [1.29, 1.82) is 0 Å². The van der Waals surface area contributed by atoms with Gasteiger partial charge in [-0.3, -0.25) is 5.10 Å². The largest absolute Gasteiger partial charge is 0.310 e. The molecule has 0 spiro atoms. The van der Waals surface area contributed by atoms with Crippen LogP contribution in [0.25, 0.3) is 10.6 Å². The van der Waals surface area contributed by atoms with Gasteiger partial charge in [-0.15, -0.1) is 11.3 Å². The van der Waals surface area contributed by atoms with Gasteiger partial charge in [-0.2, -0.15) is 5.10 Å². The fourth-order valence-electron chi connectivity index (χ4n) is 1.93. The summed E-state index contributed by atoms with van der Waals surface area (Å²) in [5, 5.41) is 12.9. The minimum absolute atomic E-state index is 0.714. The van der Waals surface area contributed by atoms with Crippen LogP contribution < -0.4 is 5.32 Å². The second kappa shape index (κ2) is 4.03. The van der Waals surface area contributed by atoms with Crippen LogP contribution in [0.2, 0.25) is 0 Å². The number of aromatic amines is 1. The Hall–Kier alpha value is -1.13. The molecule has 0 aliphatic heterocycles. The lowest BCUT2D eigenvalue weighted by molar-refractivity contribution is 0.653. The SMILES string of the molecule is CC1CC1NCc1cn[nH]c1-c1cccs1. The first-order chi connectivity index (χ1) is 7.84. The topological polar surface area (TPSA) is 40.7 Å². The van der Waals surface area contributed by atoms with E-state index in [2.05, 4.69) is 40.0 Å². The molecule has 0 amide bonds. The first kappa shape index (κ1) is 10.1. The monoisotopic (exact) mass is 233 g/mol. The molecule has 3 rings (SSSR count). The van der Waals surface area contributed by atoms with Crippen molar-refractivity contribution in [2.24, 2.45) is 5.92 Å². The maximum absolute atomic E-state index is 4.14. The van der Waals surface area contributed by atoms with Crippen LogP contribution in [-0.2, 0) is 6.54 Å². The average Bonchev–Trinajstić information content (AvgIpc) is 2.81. The Bertz CT molecular complexity index is 460. The van der Waals surface area contributed by atoms with Gasteiger partial charge >= 0.3 is 0 Å². The van der Waals surface area contributed by atoms with Gasteiger partial charge in [-0.05, 0) is 23.8 Å². The Morgan fingerprint density at radius 3 is 3.19 bits per heavy atom. The molecule has 2 N–H and O–H groups in total. The number of aromatic nitrogens is 2. The van der Waals surface area contributed by atoms with E-state index in [1.807, 2.05) is 6.20 Å². The summed E-state index contributed by atoms with van der Waals surface area (Å²) < 4.78 is 0. The fraction of sp³-hybridized carbons (Fsp3) is 0.417. The lowest BCUT2D eigenvalue weighted by Gasteiger charge is -2.02. The molecular weight excluding hydrogens is 218 g/mol. The molecule has 2 aromatic rings. The third-order valence-electron chi connectivity index (χ3n) is 3.15. The van der Waals surface area contributed by atoms with Crippen molar-refractivity contribution < 1.29 is 0 Å². The van der Waals surface area contributed by atoms with Crippen molar-refractivity contribution in [3.05, 3.63) is 29.3 Å². The van der Waals surface area contributed by atoms with Crippen LogP contribution in [0.4, 0.5) is 0 Å². The smallest absolute Gasteiger partial charge is 0.0794 e. The Morgan fingerprint density at radius 2 is 2.50 bits per heavy atom.